The number of rotatable bonds is 4. The Balaban J connectivity index is 1.53. The van der Waals surface area contributed by atoms with E-state index in [1.54, 1.807) is 24.3 Å². The zero-order valence-corrected chi connectivity index (χ0v) is 12.3. The second-order valence-electron chi connectivity index (χ2n) is 5.01. The lowest BCUT2D eigenvalue weighted by Crippen LogP contribution is -2.26. The average Bonchev–Trinajstić information content (AvgIpc) is 2.91. The van der Waals surface area contributed by atoms with E-state index < -0.39 is 0 Å². The van der Waals surface area contributed by atoms with Crippen LogP contribution in [0.2, 0.25) is 5.02 Å². The smallest absolute Gasteiger partial charge is 0.338 e. The lowest BCUT2D eigenvalue weighted by molar-refractivity contribution is 0.0515. The molecule has 0 spiro atoms. The summed E-state index contributed by atoms with van der Waals surface area (Å²) in [4.78, 5) is 14.1. The van der Waals surface area contributed by atoms with Crippen molar-refractivity contribution in [2.24, 2.45) is 0 Å². The maximum atomic E-state index is 11.9. The van der Waals surface area contributed by atoms with Gasteiger partial charge >= 0.3 is 5.97 Å². The minimum atomic E-state index is -0.306. The van der Waals surface area contributed by atoms with E-state index in [1.807, 2.05) is 6.07 Å². The van der Waals surface area contributed by atoms with E-state index in [0.717, 1.165) is 19.5 Å². The molecule has 1 aliphatic rings. The van der Waals surface area contributed by atoms with Gasteiger partial charge in [-0.2, -0.15) is 0 Å². The minimum absolute atomic E-state index is 0.306. The van der Waals surface area contributed by atoms with E-state index in [0.29, 0.717) is 17.2 Å². The summed E-state index contributed by atoms with van der Waals surface area (Å²) in [5, 5.41) is 0.611. The van der Waals surface area contributed by atoms with Gasteiger partial charge in [0, 0.05) is 17.3 Å². The molecule has 0 aliphatic carbocycles. The molecule has 3 nitrogen and oxygen atoms in total. The SMILES string of the molecule is O=C(OCCN1CCc2ccccc21)c1ccc(Cl)cc1. The standard InChI is InChI=1S/C17H16ClNO2/c18-15-7-5-14(6-8-15)17(20)21-12-11-19-10-9-13-3-1-2-4-16(13)19/h1-8H,9-12H2. The molecule has 0 saturated heterocycles. The largest absolute Gasteiger partial charge is 0.460 e. The van der Waals surface area contributed by atoms with Crippen LogP contribution in [-0.4, -0.2) is 25.7 Å². The fourth-order valence-corrected chi connectivity index (χ4v) is 2.68. The predicted molar refractivity (Wildman–Crippen MR) is 84.1 cm³/mol. The topological polar surface area (TPSA) is 29.5 Å². The molecule has 0 radical (unpaired) electrons. The third-order valence-corrected chi connectivity index (χ3v) is 3.91. The van der Waals surface area contributed by atoms with Crippen molar-refractivity contribution < 1.29 is 9.53 Å². The van der Waals surface area contributed by atoms with E-state index in [-0.39, 0.29) is 5.97 Å². The van der Waals surface area contributed by atoms with Crippen LogP contribution in [0.25, 0.3) is 0 Å². The summed E-state index contributed by atoms with van der Waals surface area (Å²) >= 11 is 5.80. The van der Waals surface area contributed by atoms with Crippen LogP contribution in [0.4, 0.5) is 5.69 Å². The summed E-state index contributed by atoms with van der Waals surface area (Å²) in [6, 6.07) is 15.1. The van der Waals surface area contributed by atoms with Crippen LogP contribution in [0.5, 0.6) is 0 Å². The number of nitrogens with zero attached hydrogens (tertiary/aromatic N) is 1. The van der Waals surface area contributed by atoms with Crippen LogP contribution in [0, 0.1) is 0 Å². The van der Waals surface area contributed by atoms with Crippen LogP contribution in [0.3, 0.4) is 0 Å². The van der Waals surface area contributed by atoms with Crippen LogP contribution in [-0.2, 0) is 11.2 Å². The molecule has 0 bridgehead atoms. The number of carbonyl (C=O) groups excluding carboxylic acids is 1. The van der Waals surface area contributed by atoms with Gasteiger partial charge in [0.15, 0.2) is 0 Å². The van der Waals surface area contributed by atoms with Gasteiger partial charge < -0.3 is 9.64 Å². The Labute approximate surface area is 129 Å². The summed E-state index contributed by atoms with van der Waals surface area (Å²) in [5.74, 6) is -0.306. The summed E-state index contributed by atoms with van der Waals surface area (Å²) in [6.07, 6.45) is 1.06. The summed E-state index contributed by atoms with van der Waals surface area (Å²) < 4.78 is 5.32. The summed E-state index contributed by atoms with van der Waals surface area (Å²) in [5.41, 5.74) is 3.14. The van der Waals surface area contributed by atoms with Gasteiger partial charge in [0.05, 0.1) is 12.1 Å². The number of esters is 1. The number of ether oxygens (including phenoxy) is 1. The van der Waals surface area contributed by atoms with Crippen LogP contribution >= 0.6 is 11.6 Å². The first-order valence-electron chi connectivity index (χ1n) is 6.99. The molecule has 21 heavy (non-hydrogen) atoms. The van der Waals surface area contributed by atoms with Crippen molar-refractivity contribution in [2.75, 3.05) is 24.6 Å². The highest BCUT2D eigenvalue weighted by atomic mass is 35.5. The monoisotopic (exact) mass is 301 g/mol. The summed E-state index contributed by atoms with van der Waals surface area (Å²) in [6.45, 7) is 2.09. The Morgan fingerprint density at radius 1 is 1.14 bits per heavy atom. The highest BCUT2D eigenvalue weighted by Crippen LogP contribution is 2.26. The van der Waals surface area contributed by atoms with E-state index in [2.05, 4.69) is 23.1 Å². The lowest BCUT2D eigenvalue weighted by Gasteiger charge is -2.19. The molecule has 0 atom stereocenters. The van der Waals surface area contributed by atoms with Crippen molar-refractivity contribution in [3.05, 3.63) is 64.7 Å². The maximum Gasteiger partial charge on any atom is 0.338 e. The zero-order chi connectivity index (χ0) is 14.7. The molecule has 1 heterocycles. The number of para-hydroxylation sites is 1. The lowest BCUT2D eigenvalue weighted by atomic mass is 10.2. The molecule has 2 aromatic rings. The van der Waals surface area contributed by atoms with Crippen molar-refractivity contribution in [1.82, 2.24) is 0 Å². The quantitative estimate of drug-likeness (QED) is 0.809. The second kappa shape index (κ2) is 6.19. The van der Waals surface area contributed by atoms with Crippen molar-refractivity contribution in [3.8, 4) is 0 Å². The molecule has 2 aromatic carbocycles. The van der Waals surface area contributed by atoms with Gasteiger partial charge in [-0.05, 0) is 42.3 Å². The fourth-order valence-electron chi connectivity index (χ4n) is 2.56. The fraction of sp³-hybridized carbons (Fsp3) is 0.235. The number of hydrogen-bond donors (Lipinski definition) is 0. The Morgan fingerprint density at radius 2 is 1.90 bits per heavy atom. The molecule has 1 aliphatic heterocycles. The van der Waals surface area contributed by atoms with E-state index in [1.165, 1.54) is 11.3 Å². The summed E-state index contributed by atoms with van der Waals surface area (Å²) in [7, 11) is 0. The number of carbonyl (C=O) groups is 1. The number of hydrogen-bond acceptors (Lipinski definition) is 3. The molecular weight excluding hydrogens is 286 g/mol. The van der Waals surface area contributed by atoms with Crippen LogP contribution in [0.1, 0.15) is 15.9 Å². The number of fused-ring (bicyclic) bond motifs is 1. The van der Waals surface area contributed by atoms with Crippen molar-refractivity contribution in [3.63, 3.8) is 0 Å². The van der Waals surface area contributed by atoms with E-state index >= 15 is 0 Å². The molecule has 3 rings (SSSR count). The van der Waals surface area contributed by atoms with Gasteiger partial charge in [0.25, 0.3) is 0 Å². The first-order valence-corrected chi connectivity index (χ1v) is 7.37. The Hall–Kier alpha value is -2.00. The number of anilines is 1. The third kappa shape index (κ3) is 3.19. The van der Waals surface area contributed by atoms with Crippen molar-refractivity contribution in [2.45, 2.75) is 6.42 Å². The van der Waals surface area contributed by atoms with Gasteiger partial charge in [-0.3, -0.25) is 0 Å². The van der Waals surface area contributed by atoms with Gasteiger partial charge in [-0.15, -0.1) is 0 Å². The predicted octanol–water partition coefficient (Wildman–Crippen LogP) is 3.56. The number of benzene rings is 2. The van der Waals surface area contributed by atoms with E-state index in [9.17, 15) is 4.79 Å². The van der Waals surface area contributed by atoms with E-state index in [4.69, 9.17) is 16.3 Å². The van der Waals surface area contributed by atoms with Gasteiger partial charge in [0.1, 0.15) is 6.61 Å². The molecule has 0 saturated carbocycles. The molecule has 4 heteroatoms. The highest BCUT2D eigenvalue weighted by molar-refractivity contribution is 6.30. The van der Waals surface area contributed by atoms with Gasteiger partial charge in [-0.1, -0.05) is 29.8 Å². The normalized spacial score (nSPS) is 13.1. The van der Waals surface area contributed by atoms with Crippen LogP contribution < -0.4 is 4.90 Å². The Kier molecular flexibility index (Phi) is 4.11. The Morgan fingerprint density at radius 3 is 2.71 bits per heavy atom. The highest BCUT2D eigenvalue weighted by Gasteiger charge is 2.18. The van der Waals surface area contributed by atoms with Gasteiger partial charge in [-0.25, -0.2) is 4.79 Å². The van der Waals surface area contributed by atoms with Crippen molar-refractivity contribution in [1.29, 1.82) is 0 Å². The second-order valence-corrected chi connectivity index (χ2v) is 5.45. The van der Waals surface area contributed by atoms with Crippen molar-refractivity contribution >= 4 is 23.3 Å². The van der Waals surface area contributed by atoms with Crippen LogP contribution in [0.15, 0.2) is 48.5 Å². The maximum absolute atomic E-state index is 11.9. The first-order chi connectivity index (χ1) is 10.2. The molecule has 0 aromatic heterocycles. The third-order valence-electron chi connectivity index (χ3n) is 3.66. The zero-order valence-electron chi connectivity index (χ0n) is 11.6. The molecule has 0 fully saturated rings. The average molecular weight is 302 g/mol. The minimum Gasteiger partial charge on any atom is -0.460 e. The molecule has 0 amide bonds. The molecule has 0 N–H and O–H groups in total. The number of halogens is 1. The molecular formula is C17H16ClNO2. The first kappa shape index (κ1) is 14.0. The van der Waals surface area contributed by atoms with Gasteiger partial charge in [0.2, 0.25) is 0 Å². The molecule has 0 unspecified atom stereocenters. The molecule has 108 valence electrons. The Bertz CT molecular complexity index is 639.